The van der Waals surface area contributed by atoms with Gasteiger partial charge >= 0.3 is 12.1 Å². The molecule has 0 saturated heterocycles. The van der Waals surface area contributed by atoms with E-state index < -0.39 is 23.5 Å². The molecule has 0 amide bonds. The largest absolute Gasteiger partial charge is 0.475 e. The van der Waals surface area contributed by atoms with Crippen molar-refractivity contribution in [1.82, 2.24) is 19.5 Å². The molecule has 3 aromatic rings. The second-order valence-corrected chi connectivity index (χ2v) is 7.75. The molecule has 4 N–H and O–H groups in total. The molecule has 4 rings (SSSR count). The van der Waals surface area contributed by atoms with Gasteiger partial charge in [0.05, 0.1) is 12.1 Å². The van der Waals surface area contributed by atoms with Crippen LogP contribution in [-0.2, 0) is 12.7 Å². The maximum Gasteiger partial charge on any atom is 0.416 e. The standard InChI is InChI=1S/C20H21F3N6O2/c1-10(12-3-2-4-12)25-15-14-16(27-17(26-15)18(30)31)28-19(24)29(14)9-11-5-7-13(8-6-11)20(21,22)23/h5-8,10,12H,2-4,9H2,1H3,(H,30,31)(H3,24,25,26,27,28)/t10-/m1/s1. The summed E-state index contributed by atoms with van der Waals surface area (Å²) in [6.07, 6.45) is -1.13. The third-order valence-corrected chi connectivity index (χ3v) is 5.67. The Hall–Kier alpha value is -3.37. The van der Waals surface area contributed by atoms with Gasteiger partial charge in [-0.1, -0.05) is 18.6 Å². The van der Waals surface area contributed by atoms with E-state index in [1.165, 1.54) is 12.1 Å². The smallest absolute Gasteiger partial charge is 0.416 e. The molecule has 1 aliphatic rings. The van der Waals surface area contributed by atoms with E-state index in [1.54, 1.807) is 4.57 Å². The Bertz CT molecular complexity index is 1120. The third-order valence-electron chi connectivity index (χ3n) is 5.67. The van der Waals surface area contributed by atoms with Crippen LogP contribution in [0.4, 0.5) is 24.9 Å². The molecule has 1 aliphatic carbocycles. The van der Waals surface area contributed by atoms with Gasteiger partial charge in [0.1, 0.15) is 5.52 Å². The van der Waals surface area contributed by atoms with Crippen LogP contribution < -0.4 is 11.1 Å². The molecule has 1 aromatic carbocycles. The highest BCUT2D eigenvalue weighted by atomic mass is 19.4. The molecular weight excluding hydrogens is 413 g/mol. The second-order valence-electron chi connectivity index (χ2n) is 7.75. The van der Waals surface area contributed by atoms with Crippen LogP contribution in [0.15, 0.2) is 24.3 Å². The monoisotopic (exact) mass is 434 g/mol. The van der Waals surface area contributed by atoms with Crippen molar-refractivity contribution in [2.45, 2.75) is 44.9 Å². The number of hydrogen-bond donors (Lipinski definition) is 3. The number of imidazole rings is 1. The van der Waals surface area contributed by atoms with Crippen LogP contribution in [-0.4, -0.2) is 36.6 Å². The number of aromatic carboxylic acids is 1. The highest BCUT2D eigenvalue weighted by molar-refractivity contribution is 5.91. The lowest BCUT2D eigenvalue weighted by Crippen LogP contribution is -2.31. The van der Waals surface area contributed by atoms with Crippen molar-refractivity contribution < 1.29 is 23.1 Å². The van der Waals surface area contributed by atoms with Gasteiger partial charge in [-0.3, -0.25) is 0 Å². The van der Waals surface area contributed by atoms with Crippen molar-refractivity contribution in [3.8, 4) is 0 Å². The average Bonchev–Trinajstić information content (AvgIpc) is 2.95. The molecule has 31 heavy (non-hydrogen) atoms. The number of anilines is 2. The summed E-state index contributed by atoms with van der Waals surface area (Å²) in [5.41, 5.74) is 6.40. The van der Waals surface area contributed by atoms with Crippen molar-refractivity contribution >= 4 is 28.9 Å². The predicted molar refractivity (Wildman–Crippen MR) is 108 cm³/mol. The van der Waals surface area contributed by atoms with E-state index in [9.17, 15) is 23.1 Å². The number of hydrogen-bond acceptors (Lipinski definition) is 6. The van der Waals surface area contributed by atoms with Gasteiger partial charge in [-0.2, -0.15) is 18.2 Å². The molecule has 11 heteroatoms. The Morgan fingerprint density at radius 1 is 1.26 bits per heavy atom. The molecule has 2 aromatic heterocycles. The number of carboxylic acids is 1. The average molecular weight is 434 g/mol. The molecule has 0 spiro atoms. The summed E-state index contributed by atoms with van der Waals surface area (Å²) in [6, 6.07) is 4.78. The van der Waals surface area contributed by atoms with E-state index in [0.29, 0.717) is 17.0 Å². The maximum atomic E-state index is 12.8. The summed E-state index contributed by atoms with van der Waals surface area (Å²) in [6.45, 7) is 2.13. The molecule has 1 saturated carbocycles. The van der Waals surface area contributed by atoms with E-state index in [-0.39, 0.29) is 30.0 Å². The molecule has 0 unspecified atom stereocenters. The quantitative estimate of drug-likeness (QED) is 0.540. The van der Waals surface area contributed by atoms with Crippen LogP contribution in [0.5, 0.6) is 0 Å². The van der Waals surface area contributed by atoms with E-state index in [1.807, 2.05) is 6.92 Å². The van der Waals surface area contributed by atoms with Crippen molar-refractivity contribution in [2.75, 3.05) is 11.1 Å². The van der Waals surface area contributed by atoms with Crippen molar-refractivity contribution in [3.63, 3.8) is 0 Å². The number of nitrogen functional groups attached to an aromatic ring is 1. The van der Waals surface area contributed by atoms with Gasteiger partial charge in [-0.25, -0.2) is 14.8 Å². The summed E-state index contributed by atoms with van der Waals surface area (Å²) in [5, 5.41) is 12.6. The Labute approximate surface area is 175 Å². The van der Waals surface area contributed by atoms with Crippen molar-refractivity contribution in [1.29, 1.82) is 0 Å². The SMILES string of the molecule is C[C@@H](Nc1nc(C(=O)O)nc2nc(N)n(Cc3ccc(C(F)(F)F)cc3)c12)C1CCC1. The van der Waals surface area contributed by atoms with Crippen LogP contribution in [0.25, 0.3) is 11.2 Å². The fraction of sp³-hybridized carbons (Fsp3) is 0.400. The zero-order valence-corrected chi connectivity index (χ0v) is 16.6. The molecule has 0 aliphatic heterocycles. The zero-order valence-electron chi connectivity index (χ0n) is 16.6. The van der Waals surface area contributed by atoms with Gasteiger partial charge in [-0.15, -0.1) is 0 Å². The van der Waals surface area contributed by atoms with Crippen LogP contribution in [0.2, 0.25) is 0 Å². The van der Waals surface area contributed by atoms with Crippen molar-refractivity contribution in [3.05, 3.63) is 41.2 Å². The molecule has 2 heterocycles. The second kappa shape index (κ2) is 7.71. The van der Waals surface area contributed by atoms with E-state index in [0.717, 1.165) is 31.4 Å². The number of carbonyl (C=O) groups is 1. The lowest BCUT2D eigenvalue weighted by Gasteiger charge is -2.32. The Morgan fingerprint density at radius 3 is 2.48 bits per heavy atom. The Balaban J connectivity index is 1.74. The summed E-state index contributed by atoms with van der Waals surface area (Å²) in [4.78, 5) is 23.8. The van der Waals surface area contributed by atoms with Crippen LogP contribution in [0, 0.1) is 5.92 Å². The molecular formula is C20H21F3N6O2. The summed E-state index contributed by atoms with van der Waals surface area (Å²) < 4.78 is 40.1. The molecule has 1 atom stereocenters. The molecule has 164 valence electrons. The first-order valence-electron chi connectivity index (χ1n) is 9.83. The number of fused-ring (bicyclic) bond motifs is 1. The number of aromatic nitrogens is 4. The number of halogens is 3. The lowest BCUT2D eigenvalue weighted by atomic mass is 9.80. The summed E-state index contributed by atoms with van der Waals surface area (Å²) in [5.74, 6) is -0.905. The molecule has 1 fully saturated rings. The van der Waals surface area contributed by atoms with Gasteiger partial charge < -0.3 is 20.7 Å². The van der Waals surface area contributed by atoms with Crippen LogP contribution in [0.1, 0.15) is 47.9 Å². The maximum absolute atomic E-state index is 12.8. The van der Waals surface area contributed by atoms with E-state index >= 15 is 0 Å². The minimum atomic E-state index is -4.42. The highest BCUT2D eigenvalue weighted by Crippen LogP contribution is 2.33. The molecule has 8 nitrogen and oxygen atoms in total. The first kappa shape index (κ1) is 20.9. The Kier molecular flexibility index (Phi) is 5.19. The number of alkyl halides is 3. The first-order valence-corrected chi connectivity index (χ1v) is 9.83. The summed E-state index contributed by atoms with van der Waals surface area (Å²) in [7, 11) is 0. The van der Waals surface area contributed by atoms with Gasteiger partial charge in [0.15, 0.2) is 11.5 Å². The van der Waals surface area contributed by atoms with Gasteiger partial charge in [0, 0.05) is 6.04 Å². The third kappa shape index (κ3) is 4.12. The van der Waals surface area contributed by atoms with Crippen LogP contribution >= 0.6 is 0 Å². The highest BCUT2D eigenvalue weighted by Gasteiger charge is 2.30. The van der Waals surface area contributed by atoms with Gasteiger partial charge in [0.25, 0.3) is 0 Å². The van der Waals surface area contributed by atoms with Gasteiger partial charge in [-0.05, 0) is 43.4 Å². The number of nitrogens with two attached hydrogens (primary N) is 1. The minimum absolute atomic E-state index is 0.0455. The fourth-order valence-corrected chi connectivity index (χ4v) is 3.66. The minimum Gasteiger partial charge on any atom is -0.475 e. The van der Waals surface area contributed by atoms with Crippen LogP contribution in [0.3, 0.4) is 0 Å². The Morgan fingerprint density at radius 2 is 1.94 bits per heavy atom. The number of benzene rings is 1. The normalized spacial score (nSPS) is 15.6. The number of rotatable bonds is 6. The van der Waals surface area contributed by atoms with Gasteiger partial charge in [0.2, 0.25) is 11.8 Å². The van der Waals surface area contributed by atoms with E-state index in [2.05, 4.69) is 20.3 Å². The molecule has 0 bridgehead atoms. The fourth-order valence-electron chi connectivity index (χ4n) is 3.66. The molecule has 0 radical (unpaired) electrons. The van der Waals surface area contributed by atoms with Crippen molar-refractivity contribution in [2.24, 2.45) is 5.92 Å². The summed E-state index contributed by atoms with van der Waals surface area (Å²) >= 11 is 0. The zero-order chi connectivity index (χ0) is 22.3. The number of nitrogens with zero attached hydrogens (tertiary/aromatic N) is 4. The van der Waals surface area contributed by atoms with E-state index in [4.69, 9.17) is 5.73 Å². The lowest BCUT2D eigenvalue weighted by molar-refractivity contribution is -0.137. The first-order chi connectivity index (χ1) is 14.6. The number of carboxylic acid groups (broad SMARTS) is 1. The topological polar surface area (TPSA) is 119 Å². The number of nitrogens with one attached hydrogen (secondary N) is 1. The predicted octanol–water partition coefficient (Wildman–Crippen LogP) is 3.77.